The van der Waals surface area contributed by atoms with Crippen LogP contribution in [0.3, 0.4) is 0 Å². The van der Waals surface area contributed by atoms with Crippen molar-refractivity contribution in [1.82, 2.24) is 9.55 Å². The molecule has 102 valence electrons. The van der Waals surface area contributed by atoms with Crippen LogP contribution in [0, 0.1) is 0 Å². The first-order chi connectivity index (χ1) is 10.4. The summed E-state index contributed by atoms with van der Waals surface area (Å²) in [6.45, 7) is 0.689. The van der Waals surface area contributed by atoms with Gasteiger partial charge in [0.1, 0.15) is 5.76 Å². The van der Waals surface area contributed by atoms with E-state index in [1.165, 1.54) is 10.8 Å². The molecule has 4 aromatic rings. The van der Waals surface area contributed by atoms with E-state index in [1.54, 1.807) is 6.20 Å². The molecule has 2 aromatic heterocycles. The smallest absolute Gasteiger partial charge is 0.226 e. The Balaban J connectivity index is 1.61. The largest absolute Gasteiger partial charge is 0.439 e. The number of fused-ring (bicyclic) bond motifs is 1. The average molecular weight is 274 g/mol. The Morgan fingerprint density at radius 2 is 1.52 bits per heavy atom. The van der Waals surface area contributed by atoms with Gasteiger partial charge in [-0.1, -0.05) is 42.5 Å². The van der Waals surface area contributed by atoms with Crippen LogP contribution in [-0.2, 0) is 6.54 Å². The lowest BCUT2D eigenvalue weighted by atomic mass is 10.2. The summed E-state index contributed by atoms with van der Waals surface area (Å²) in [4.78, 5) is 4.36. The lowest BCUT2D eigenvalue weighted by Gasteiger charge is -1.98. The number of rotatable bonds is 3. The summed E-state index contributed by atoms with van der Waals surface area (Å²) in [5, 5.41) is 2.47. The highest BCUT2D eigenvalue weighted by atomic mass is 16.4. The molecule has 0 saturated heterocycles. The molecule has 2 aromatic carbocycles. The van der Waals surface area contributed by atoms with E-state index in [4.69, 9.17) is 4.42 Å². The second kappa shape index (κ2) is 4.94. The summed E-state index contributed by atoms with van der Waals surface area (Å²) in [5.41, 5.74) is 1.00. The van der Waals surface area contributed by atoms with E-state index in [1.807, 2.05) is 30.3 Å². The Bertz CT molecular complexity index is 841. The summed E-state index contributed by atoms with van der Waals surface area (Å²) in [7, 11) is 0. The first kappa shape index (κ1) is 12.0. The van der Waals surface area contributed by atoms with Gasteiger partial charge in [-0.3, -0.25) is 0 Å². The second-order valence-electron chi connectivity index (χ2n) is 5.06. The van der Waals surface area contributed by atoms with Crippen LogP contribution in [0.15, 0.2) is 77.6 Å². The molecular formula is C18H14N2O. The lowest BCUT2D eigenvalue weighted by molar-refractivity contribution is 0.502. The Labute approximate surface area is 122 Å². The zero-order valence-electron chi connectivity index (χ0n) is 11.4. The zero-order valence-corrected chi connectivity index (χ0v) is 11.4. The van der Waals surface area contributed by atoms with Crippen molar-refractivity contribution in [3.8, 4) is 11.5 Å². The van der Waals surface area contributed by atoms with Gasteiger partial charge in [-0.15, -0.1) is 0 Å². The molecule has 0 N–H and O–H groups in total. The third-order valence-electron chi connectivity index (χ3n) is 3.52. The number of nitrogens with zero attached hydrogens (tertiary/aromatic N) is 2. The van der Waals surface area contributed by atoms with Gasteiger partial charge in [0.05, 0.1) is 12.7 Å². The molecule has 0 aliphatic heterocycles. The lowest BCUT2D eigenvalue weighted by Crippen LogP contribution is -1.93. The Hall–Kier alpha value is -2.81. The van der Waals surface area contributed by atoms with Crippen molar-refractivity contribution in [1.29, 1.82) is 0 Å². The first-order valence-electron chi connectivity index (χ1n) is 6.93. The van der Waals surface area contributed by atoms with E-state index < -0.39 is 0 Å². The molecule has 2 heterocycles. The second-order valence-corrected chi connectivity index (χ2v) is 5.06. The van der Waals surface area contributed by atoms with Crippen LogP contribution in [-0.4, -0.2) is 9.55 Å². The maximum Gasteiger partial charge on any atom is 0.226 e. The molecule has 3 heteroatoms. The van der Waals surface area contributed by atoms with Gasteiger partial charge in [-0.2, -0.15) is 0 Å². The molecule has 4 rings (SSSR count). The van der Waals surface area contributed by atoms with E-state index in [-0.39, 0.29) is 0 Å². The highest BCUT2D eigenvalue weighted by Gasteiger charge is 2.07. The molecule has 0 bridgehead atoms. The molecular weight excluding hydrogens is 260 g/mol. The van der Waals surface area contributed by atoms with Crippen molar-refractivity contribution in [3.63, 3.8) is 0 Å². The summed E-state index contributed by atoms with van der Waals surface area (Å²) >= 11 is 0. The third kappa shape index (κ3) is 2.34. The Morgan fingerprint density at radius 3 is 2.24 bits per heavy atom. The van der Waals surface area contributed by atoms with E-state index in [0.717, 1.165) is 11.3 Å². The normalized spacial score (nSPS) is 11.0. The van der Waals surface area contributed by atoms with E-state index in [9.17, 15) is 0 Å². The molecule has 0 aliphatic carbocycles. The van der Waals surface area contributed by atoms with Crippen LogP contribution >= 0.6 is 0 Å². The number of aromatic nitrogens is 2. The van der Waals surface area contributed by atoms with E-state index in [0.29, 0.717) is 12.4 Å². The molecule has 0 unspecified atom stereocenters. The Kier molecular flexibility index (Phi) is 2.82. The third-order valence-corrected chi connectivity index (χ3v) is 3.52. The van der Waals surface area contributed by atoms with Crippen molar-refractivity contribution in [2.75, 3.05) is 0 Å². The van der Waals surface area contributed by atoms with Gasteiger partial charge in [-0.25, -0.2) is 4.98 Å². The van der Waals surface area contributed by atoms with Crippen LogP contribution in [0.5, 0.6) is 0 Å². The molecule has 0 saturated carbocycles. The molecule has 0 fully saturated rings. The highest BCUT2D eigenvalue weighted by molar-refractivity contribution is 5.82. The van der Waals surface area contributed by atoms with Crippen molar-refractivity contribution in [2.24, 2.45) is 0 Å². The predicted octanol–water partition coefficient (Wildman–Crippen LogP) is 4.34. The monoisotopic (exact) mass is 274 g/mol. The van der Waals surface area contributed by atoms with Gasteiger partial charge in [0.25, 0.3) is 0 Å². The summed E-state index contributed by atoms with van der Waals surface area (Å²) in [6.07, 6.45) is 6.05. The molecule has 3 nitrogen and oxygen atoms in total. The fraction of sp³-hybridized carbons (Fsp3) is 0.0556. The van der Waals surface area contributed by atoms with Gasteiger partial charge in [0, 0.05) is 18.0 Å². The summed E-state index contributed by atoms with van der Waals surface area (Å²) in [5.74, 6) is 1.52. The van der Waals surface area contributed by atoms with Crippen LogP contribution in [0.4, 0.5) is 0 Å². The van der Waals surface area contributed by atoms with E-state index >= 15 is 0 Å². The summed E-state index contributed by atoms with van der Waals surface area (Å²) in [6, 6.07) is 18.3. The maximum absolute atomic E-state index is 5.84. The van der Waals surface area contributed by atoms with Crippen LogP contribution < -0.4 is 0 Å². The summed E-state index contributed by atoms with van der Waals surface area (Å²) < 4.78 is 7.96. The van der Waals surface area contributed by atoms with Gasteiger partial charge in [0.15, 0.2) is 0 Å². The Morgan fingerprint density at radius 1 is 0.857 bits per heavy atom. The SMILES string of the molecule is c1ccc(-c2ncc(Cn3cc4ccccc4c3)o2)cc1. The predicted molar refractivity (Wildman–Crippen MR) is 83.0 cm³/mol. The van der Waals surface area contributed by atoms with Crippen molar-refractivity contribution < 1.29 is 4.42 Å². The van der Waals surface area contributed by atoms with Crippen LogP contribution in [0.2, 0.25) is 0 Å². The highest BCUT2D eigenvalue weighted by Crippen LogP contribution is 2.20. The average Bonchev–Trinajstić information content (AvgIpc) is 3.14. The quantitative estimate of drug-likeness (QED) is 0.556. The minimum absolute atomic E-state index is 0.669. The van der Waals surface area contributed by atoms with Crippen molar-refractivity contribution >= 4 is 10.8 Å². The fourth-order valence-electron chi connectivity index (χ4n) is 2.51. The van der Waals surface area contributed by atoms with Gasteiger partial charge in [0.2, 0.25) is 5.89 Å². The van der Waals surface area contributed by atoms with Crippen LogP contribution in [0.1, 0.15) is 5.76 Å². The number of hydrogen-bond acceptors (Lipinski definition) is 2. The van der Waals surface area contributed by atoms with Gasteiger partial charge < -0.3 is 8.98 Å². The molecule has 0 atom stereocenters. The molecule has 0 aliphatic rings. The number of benzene rings is 2. The standard InChI is InChI=1S/C18H14N2O/c1-2-6-14(7-3-1)18-19-10-17(21-18)13-20-11-15-8-4-5-9-16(15)12-20/h1-12H,13H2. The molecule has 0 amide bonds. The van der Waals surface area contributed by atoms with Gasteiger partial charge >= 0.3 is 0 Å². The number of hydrogen-bond donors (Lipinski definition) is 0. The minimum atomic E-state index is 0.669. The van der Waals surface area contributed by atoms with Crippen molar-refractivity contribution in [3.05, 3.63) is 78.9 Å². The van der Waals surface area contributed by atoms with E-state index in [2.05, 4.69) is 46.2 Å². The molecule has 0 spiro atoms. The molecule has 21 heavy (non-hydrogen) atoms. The van der Waals surface area contributed by atoms with Crippen molar-refractivity contribution in [2.45, 2.75) is 6.54 Å². The maximum atomic E-state index is 5.84. The molecule has 0 radical (unpaired) electrons. The van der Waals surface area contributed by atoms with Gasteiger partial charge in [-0.05, 0) is 22.9 Å². The first-order valence-corrected chi connectivity index (χ1v) is 6.93. The van der Waals surface area contributed by atoms with Crippen LogP contribution in [0.25, 0.3) is 22.2 Å². The number of oxazole rings is 1. The minimum Gasteiger partial charge on any atom is -0.439 e. The topological polar surface area (TPSA) is 31.0 Å². The zero-order chi connectivity index (χ0) is 14.1. The fourth-order valence-corrected chi connectivity index (χ4v) is 2.51.